The predicted molar refractivity (Wildman–Crippen MR) is 135 cm³/mol. The fourth-order valence-electron chi connectivity index (χ4n) is 3.54. The Morgan fingerprint density at radius 3 is 2.49 bits per heavy atom. The number of hydrogen-bond donors (Lipinski definition) is 1. The lowest BCUT2D eigenvalue weighted by Crippen LogP contribution is -2.12. The highest BCUT2D eigenvalue weighted by Gasteiger charge is 2.31. The van der Waals surface area contributed by atoms with Crippen LogP contribution in [0.2, 0.25) is 0 Å². The largest absolute Gasteiger partial charge is 0.460 e. The quantitative estimate of drug-likeness (QED) is 0.159. The zero-order valence-corrected chi connectivity index (χ0v) is 20.5. The van der Waals surface area contributed by atoms with Crippen molar-refractivity contribution in [3.05, 3.63) is 94.0 Å². The summed E-state index contributed by atoms with van der Waals surface area (Å²) in [5.74, 6) is -0.442. The molecule has 202 valence electrons. The Morgan fingerprint density at radius 1 is 1.05 bits per heavy atom. The number of carbonyl (C=O) groups excluding carboxylic acids is 1. The van der Waals surface area contributed by atoms with Crippen molar-refractivity contribution >= 4 is 17.3 Å². The summed E-state index contributed by atoms with van der Waals surface area (Å²) >= 11 is 0. The van der Waals surface area contributed by atoms with E-state index in [-0.39, 0.29) is 41.9 Å². The third-order valence-electron chi connectivity index (χ3n) is 5.39. The monoisotopic (exact) mass is 541 g/mol. The number of nitro benzene ring substituents is 1. The molecule has 0 aliphatic heterocycles. The number of carbonyl (C=O) groups is 1. The summed E-state index contributed by atoms with van der Waals surface area (Å²) in [6, 6.07) is 16.2. The number of ether oxygens (including phenoxy) is 2. The van der Waals surface area contributed by atoms with Crippen molar-refractivity contribution in [3.63, 3.8) is 0 Å². The molecular weight excluding hydrogens is 519 g/mol. The lowest BCUT2D eigenvalue weighted by Gasteiger charge is -2.10. The number of nitrogens with zero attached hydrogens (tertiary/aromatic N) is 4. The number of non-ortho nitro benzene ring substituents is 1. The third-order valence-corrected chi connectivity index (χ3v) is 5.39. The molecule has 0 unspecified atom stereocenters. The lowest BCUT2D eigenvalue weighted by molar-refractivity contribution is -0.384. The van der Waals surface area contributed by atoms with Gasteiger partial charge in [-0.15, -0.1) is 5.10 Å². The van der Waals surface area contributed by atoms with Crippen LogP contribution in [-0.2, 0) is 10.9 Å². The van der Waals surface area contributed by atoms with Crippen LogP contribution in [0, 0.1) is 10.1 Å². The second-order valence-electron chi connectivity index (χ2n) is 8.06. The van der Waals surface area contributed by atoms with E-state index >= 15 is 0 Å². The van der Waals surface area contributed by atoms with Gasteiger partial charge >= 0.3 is 12.2 Å². The zero-order chi connectivity index (χ0) is 28.0. The number of nitro groups is 1. The number of benzene rings is 3. The van der Waals surface area contributed by atoms with Gasteiger partial charge in [0, 0.05) is 35.6 Å². The number of nitrogens with one attached hydrogen (secondary N) is 1. The minimum atomic E-state index is -4.54. The number of amides is 1. The normalized spacial score (nSPS) is 11.3. The molecule has 1 N–H and O–H groups in total. The van der Waals surface area contributed by atoms with Crippen molar-refractivity contribution < 1.29 is 32.4 Å². The van der Waals surface area contributed by atoms with E-state index in [4.69, 9.17) is 9.47 Å². The molecule has 1 amide bonds. The van der Waals surface area contributed by atoms with Gasteiger partial charge in [0.15, 0.2) is 5.82 Å². The number of aromatic nitrogens is 3. The van der Waals surface area contributed by atoms with E-state index in [9.17, 15) is 28.1 Å². The van der Waals surface area contributed by atoms with Gasteiger partial charge in [0.25, 0.3) is 11.6 Å². The van der Waals surface area contributed by atoms with Crippen LogP contribution in [0.15, 0.2) is 72.8 Å². The summed E-state index contributed by atoms with van der Waals surface area (Å²) in [7, 11) is 0. The summed E-state index contributed by atoms with van der Waals surface area (Å²) in [6.45, 7) is 2.74. The molecular formula is C26H22F3N5O5. The third kappa shape index (κ3) is 6.76. The van der Waals surface area contributed by atoms with Crippen LogP contribution in [0.5, 0.6) is 6.01 Å². The maximum Gasteiger partial charge on any atom is 0.416 e. The molecule has 0 bridgehead atoms. The van der Waals surface area contributed by atoms with Crippen LogP contribution in [0.4, 0.5) is 24.5 Å². The Labute approximate surface area is 220 Å². The first-order chi connectivity index (χ1) is 18.7. The molecule has 1 aromatic heterocycles. The Kier molecular flexibility index (Phi) is 8.20. The average molecular weight is 541 g/mol. The summed E-state index contributed by atoms with van der Waals surface area (Å²) in [5, 5.41) is 17.9. The fourth-order valence-corrected chi connectivity index (χ4v) is 3.54. The van der Waals surface area contributed by atoms with E-state index in [0.717, 1.165) is 18.2 Å². The zero-order valence-electron chi connectivity index (χ0n) is 20.5. The molecule has 1 heterocycles. The van der Waals surface area contributed by atoms with Crippen LogP contribution in [0.3, 0.4) is 0 Å². The standard InChI is InChI=1S/C26H22F3N5O5/c1-2-38-13-14-39-25-31-23(17-5-3-7-19(15-17)26(27,28)29)33(32-25)21-11-9-20(10-12-21)30-24(35)18-6-4-8-22(16-18)34(36)37/h3-12,15-16H,2,13-14H2,1H3,(H,30,35). The van der Waals surface area contributed by atoms with Gasteiger partial charge in [-0.3, -0.25) is 14.9 Å². The number of halogens is 3. The van der Waals surface area contributed by atoms with E-state index in [0.29, 0.717) is 18.0 Å². The Morgan fingerprint density at radius 2 is 1.79 bits per heavy atom. The van der Waals surface area contributed by atoms with E-state index in [1.165, 1.54) is 35.0 Å². The first-order valence-corrected chi connectivity index (χ1v) is 11.7. The van der Waals surface area contributed by atoms with Crippen LogP contribution >= 0.6 is 0 Å². The average Bonchev–Trinajstić information content (AvgIpc) is 3.35. The van der Waals surface area contributed by atoms with Gasteiger partial charge in [-0.2, -0.15) is 18.2 Å². The molecule has 0 spiro atoms. The number of anilines is 1. The first-order valence-electron chi connectivity index (χ1n) is 11.7. The molecule has 3 aromatic carbocycles. The molecule has 0 aliphatic rings. The fraction of sp³-hybridized carbons (Fsp3) is 0.192. The molecule has 10 nitrogen and oxygen atoms in total. The second kappa shape index (κ2) is 11.7. The van der Waals surface area contributed by atoms with Gasteiger partial charge in [-0.25, -0.2) is 4.68 Å². The molecule has 4 aromatic rings. The maximum atomic E-state index is 13.3. The minimum absolute atomic E-state index is 0.0508. The molecule has 0 radical (unpaired) electrons. The van der Waals surface area contributed by atoms with Gasteiger partial charge in [0.1, 0.15) is 6.61 Å². The topological polar surface area (TPSA) is 121 Å². The molecule has 4 rings (SSSR count). The van der Waals surface area contributed by atoms with Crippen LogP contribution in [0.1, 0.15) is 22.8 Å². The SMILES string of the molecule is CCOCCOc1nc(-c2cccc(C(F)(F)F)c2)n(-c2ccc(NC(=O)c3cccc([N+](=O)[O-])c3)cc2)n1. The van der Waals surface area contributed by atoms with Gasteiger partial charge in [-0.05, 0) is 49.4 Å². The van der Waals surface area contributed by atoms with E-state index in [2.05, 4.69) is 15.4 Å². The summed E-state index contributed by atoms with van der Waals surface area (Å²) in [5.41, 5.74) is 0.0236. The molecule has 0 fully saturated rings. The van der Waals surface area contributed by atoms with Gasteiger partial charge in [0.2, 0.25) is 0 Å². The van der Waals surface area contributed by atoms with Gasteiger partial charge < -0.3 is 14.8 Å². The molecule has 39 heavy (non-hydrogen) atoms. The van der Waals surface area contributed by atoms with Crippen molar-refractivity contribution in [1.29, 1.82) is 0 Å². The van der Waals surface area contributed by atoms with E-state index < -0.39 is 22.6 Å². The van der Waals surface area contributed by atoms with E-state index in [1.807, 2.05) is 6.92 Å². The van der Waals surface area contributed by atoms with Crippen LogP contribution in [-0.4, -0.2) is 45.4 Å². The van der Waals surface area contributed by atoms with Crippen molar-refractivity contribution in [2.24, 2.45) is 0 Å². The lowest BCUT2D eigenvalue weighted by atomic mass is 10.1. The number of alkyl halides is 3. The predicted octanol–water partition coefficient (Wildman–Crippen LogP) is 5.53. The summed E-state index contributed by atoms with van der Waals surface area (Å²) < 4.78 is 52.1. The molecule has 0 saturated heterocycles. The van der Waals surface area contributed by atoms with Gasteiger partial charge in [-0.1, -0.05) is 18.2 Å². The summed E-state index contributed by atoms with van der Waals surface area (Å²) in [6.07, 6.45) is -4.54. The van der Waals surface area contributed by atoms with Crippen molar-refractivity contribution in [2.45, 2.75) is 13.1 Å². The number of rotatable bonds is 10. The minimum Gasteiger partial charge on any atom is -0.460 e. The molecule has 0 saturated carbocycles. The second-order valence-corrected chi connectivity index (χ2v) is 8.06. The van der Waals surface area contributed by atoms with Crippen molar-refractivity contribution in [3.8, 4) is 23.1 Å². The maximum absolute atomic E-state index is 13.3. The highest BCUT2D eigenvalue weighted by atomic mass is 19.4. The molecule has 0 atom stereocenters. The van der Waals surface area contributed by atoms with Gasteiger partial charge in [0.05, 0.1) is 22.8 Å². The Bertz CT molecular complexity index is 1470. The van der Waals surface area contributed by atoms with Crippen LogP contribution < -0.4 is 10.1 Å². The highest BCUT2D eigenvalue weighted by Crippen LogP contribution is 2.33. The van der Waals surface area contributed by atoms with Crippen molar-refractivity contribution in [1.82, 2.24) is 14.8 Å². The smallest absolute Gasteiger partial charge is 0.416 e. The molecule has 13 heteroatoms. The Balaban J connectivity index is 1.61. The highest BCUT2D eigenvalue weighted by molar-refractivity contribution is 6.04. The van der Waals surface area contributed by atoms with Crippen molar-refractivity contribution in [2.75, 3.05) is 25.1 Å². The van der Waals surface area contributed by atoms with Crippen LogP contribution in [0.25, 0.3) is 17.1 Å². The first kappa shape index (κ1) is 27.3. The Hall–Kier alpha value is -4.78. The summed E-state index contributed by atoms with van der Waals surface area (Å²) in [4.78, 5) is 27.2. The van der Waals surface area contributed by atoms with E-state index in [1.54, 1.807) is 24.3 Å². The number of hydrogen-bond acceptors (Lipinski definition) is 7. The molecule has 0 aliphatic carbocycles.